The molecule has 1 heterocycles. The van der Waals surface area contributed by atoms with Gasteiger partial charge in [-0.15, -0.1) is 0 Å². The first-order valence-corrected chi connectivity index (χ1v) is 10.6. The molecule has 5 heteroatoms. The number of carbonyl (C=O) groups is 1. The summed E-state index contributed by atoms with van der Waals surface area (Å²) >= 11 is 0. The van der Waals surface area contributed by atoms with E-state index in [0.717, 1.165) is 44.0 Å². The Hall–Kier alpha value is -2.53. The van der Waals surface area contributed by atoms with Gasteiger partial charge >= 0.3 is 0 Å². The maximum Gasteiger partial charge on any atom is 0.241 e. The second-order valence-corrected chi connectivity index (χ2v) is 7.78. The van der Waals surface area contributed by atoms with Crippen molar-refractivity contribution in [3.05, 3.63) is 54.1 Å². The number of rotatable bonds is 7. The molecule has 3 rings (SSSR count). The topological polar surface area (TPSA) is 44.8 Å². The summed E-state index contributed by atoms with van der Waals surface area (Å²) in [4.78, 5) is 17.5. The minimum absolute atomic E-state index is 0.0682. The van der Waals surface area contributed by atoms with Crippen LogP contribution in [0.25, 0.3) is 0 Å². The van der Waals surface area contributed by atoms with Gasteiger partial charge in [-0.2, -0.15) is 0 Å². The number of benzene rings is 2. The second-order valence-electron chi connectivity index (χ2n) is 7.78. The number of piperazine rings is 1. The zero-order valence-corrected chi connectivity index (χ0v) is 18.0. The summed E-state index contributed by atoms with van der Waals surface area (Å²) in [5.74, 6) is 1.36. The van der Waals surface area contributed by atoms with Gasteiger partial charge < -0.3 is 15.0 Å². The quantitative estimate of drug-likeness (QED) is 0.757. The number of hydrogen-bond donors (Lipinski definition) is 1. The fraction of sp³-hybridized carbons (Fsp3) is 0.458. The van der Waals surface area contributed by atoms with Crippen LogP contribution in [0.4, 0.5) is 11.4 Å². The summed E-state index contributed by atoms with van der Waals surface area (Å²) < 4.78 is 5.24. The molecular weight excluding hydrogens is 362 g/mol. The monoisotopic (exact) mass is 395 g/mol. The highest BCUT2D eigenvalue weighted by Crippen LogP contribution is 2.27. The van der Waals surface area contributed by atoms with Gasteiger partial charge in [0.05, 0.1) is 13.2 Å². The van der Waals surface area contributed by atoms with Gasteiger partial charge in [-0.3, -0.25) is 9.69 Å². The number of para-hydroxylation sites is 1. The molecule has 156 valence electrons. The lowest BCUT2D eigenvalue weighted by Gasteiger charge is -2.38. The minimum atomic E-state index is -0.155. The van der Waals surface area contributed by atoms with E-state index < -0.39 is 0 Å². The number of amides is 1. The summed E-state index contributed by atoms with van der Waals surface area (Å²) in [6.45, 7) is 9.94. The van der Waals surface area contributed by atoms with Crippen LogP contribution in [0.1, 0.15) is 38.7 Å². The number of anilines is 2. The van der Waals surface area contributed by atoms with E-state index in [2.05, 4.69) is 47.2 Å². The molecule has 1 aliphatic heterocycles. The fourth-order valence-corrected chi connectivity index (χ4v) is 3.82. The summed E-state index contributed by atoms with van der Waals surface area (Å²) in [6, 6.07) is 16.2. The van der Waals surface area contributed by atoms with E-state index in [1.54, 1.807) is 7.11 Å². The van der Waals surface area contributed by atoms with Crippen molar-refractivity contribution in [2.24, 2.45) is 0 Å². The molecule has 1 fully saturated rings. The molecule has 0 aromatic heterocycles. The Kier molecular flexibility index (Phi) is 7.15. The second kappa shape index (κ2) is 9.79. The number of methoxy groups -OCH3 is 1. The van der Waals surface area contributed by atoms with Gasteiger partial charge in [0.1, 0.15) is 5.75 Å². The Morgan fingerprint density at radius 2 is 1.69 bits per heavy atom. The van der Waals surface area contributed by atoms with Crippen LogP contribution in [-0.4, -0.2) is 50.1 Å². The molecule has 0 radical (unpaired) electrons. The zero-order chi connectivity index (χ0) is 20.8. The average Bonchev–Trinajstić information content (AvgIpc) is 2.78. The molecule has 5 nitrogen and oxygen atoms in total. The lowest BCUT2D eigenvalue weighted by Crippen LogP contribution is -2.52. The lowest BCUT2D eigenvalue weighted by molar-refractivity contribution is -0.120. The van der Waals surface area contributed by atoms with Crippen molar-refractivity contribution in [1.29, 1.82) is 0 Å². The Balaban J connectivity index is 1.57. The molecule has 1 N–H and O–H groups in total. The highest BCUT2D eigenvalue weighted by molar-refractivity contribution is 5.95. The molecule has 1 saturated heterocycles. The lowest BCUT2D eigenvalue weighted by atomic mass is 9.97. The van der Waals surface area contributed by atoms with Crippen LogP contribution in [0.2, 0.25) is 0 Å². The largest absolute Gasteiger partial charge is 0.497 e. The standard InChI is InChI=1S/C24H33N3O2/c1-5-18(2)22-8-6-7-9-23(22)25-24(28)19(3)26-14-16-27(17-15-26)20-10-12-21(29-4)13-11-20/h6-13,18-19H,5,14-17H2,1-4H3,(H,25,28)/t18-,19-/m0/s1. The Labute approximate surface area is 174 Å². The predicted molar refractivity (Wildman–Crippen MR) is 120 cm³/mol. The number of nitrogens with zero attached hydrogens (tertiary/aromatic N) is 2. The van der Waals surface area contributed by atoms with E-state index in [-0.39, 0.29) is 11.9 Å². The van der Waals surface area contributed by atoms with Crippen LogP contribution >= 0.6 is 0 Å². The van der Waals surface area contributed by atoms with Crippen LogP contribution in [0.5, 0.6) is 5.75 Å². The van der Waals surface area contributed by atoms with Gasteiger partial charge in [0.2, 0.25) is 5.91 Å². The average molecular weight is 396 g/mol. The number of nitrogens with one attached hydrogen (secondary N) is 1. The molecule has 1 amide bonds. The molecule has 2 aromatic carbocycles. The van der Waals surface area contributed by atoms with Crippen LogP contribution in [0.3, 0.4) is 0 Å². The zero-order valence-electron chi connectivity index (χ0n) is 18.0. The third-order valence-corrected chi connectivity index (χ3v) is 6.04. The van der Waals surface area contributed by atoms with E-state index in [0.29, 0.717) is 5.92 Å². The smallest absolute Gasteiger partial charge is 0.241 e. The molecular formula is C24H33N3O2. The maximum atomic E-state index is 12.9. The van der Waals surface area contributed by atoms with Crippen molar-refractivity contribution < 1.29 is 9.53 Å². The summed E-state index contributed by atoms with van der Waals surface area (Å²) in [7, 11) is 1.68. The van der Waals surface area contributed by atoms with E-state index in [1.165, 1.54) is 11.3 Å². The fourth-order valence-electron chi connectivity index (χ4n) is 3.82. The van der Waals surface area contributed by atoms with Crippen LogP contribution < -0.4 is 15.0 Å². The molecule has 0 saturated carbocycles. The normalized spacial score (nSPS) is 16.9. The highest BCUT2D eigenvalue weighted by Gasteiger charge is 2.26. The molecule has 0 unspecified atom stereocenters. The predicted octanol–water partition coefficient (Wildman–Crippen LogP) is 4.36. The molecule has 0 aliphatic carbocycles. The van der Waals surface area contributed by atoms with Crippen LogP contribution in [0, 0.1) is 0 Å². The van der Waals surface area contributed by atoms with Gasteiger partial charge in [0, 0.05) is 37.6 Å². The van der Waals surface area contributed by atoms with Crippen LogP contribution in [0.15, 0.2) is 48.5 Å². The van der Waals surface area contributed by atoms with Gasteiger partial charge in [-0.1, -0.05) is 32.0 Å². The molecule has 29 heavy (non-hydrogen) atoms. The minimum Gasteiger partial charge on any atom is -0.497 e. The number of ether oxygens (including phenoxy) is 1. The highest BCUT2D eigenvalue weighted by atomic mass is 16.5. The summed E-state index contributed by atoms with van der Waals surface area (Å²) in [5, 5.41) is 3.17. The maximum absolute atomic E-state index is 12.9. The molecule has 0 bridgehead atoms. The van der Waals surface area contributed by atoms with Crippen molar-refractivity contribution in [3.8, 4) is 5.75 Å². The van der Waals surface area contributed by atoms with Crippen molar-refractivity contribution in [1.82, 2.24) is 4.90 Å². The van der Waals surface area contributed by atoms with Gasteiger partial charge in [-0.25, -0.2) is 0 Å². The molecule has 2 atom stereocenters. The van der Waals surface area contributed by atoms with Crippen molar-refractivity contribution in [3.63, 3.8) is 0 Å². The van der Waals surface area contributed by atoms with Crippen LogP contribution in [-0.2, 0) is 4.79 Å². The van der Waals surface area contributed by atoms with Gasteiger partial charge in [0.25, 0.3) is 0 Å². The van der Waals surface area contributed by atoms with Gasteiger partial charge in [-0.05, 0) is 55.2 Å². The van der Waals surface area contributed by atoms with Crippen molar-refractivity contribution >= 4 is 17.3 Å². The summed E-state index contributed by atoms with van der Waals surface area (Å²) in [5.41, 5.74) is 3.35. The molecule has 2 aromatic rings. The first-order chi connectivity index (χ1) is 14.0. The van der Waals surface area contributed by atoms with Gasteiger partial charge in [0.15, 0.2) is 0 Å². The van der Waals surface area contributed by atoms with Crippen molar-refractivity contribution in [2.45, 2.75) is 39.2 Å². The Morgan fingerprint density at radius 3 is 2.31 bits per heavy atom. The van der Waals surface area contributed by atoms with E-state index in [4.69, 9.17) is 4.74 Å². The number of carbonyl (C=O) groups excluding carboxylic acids is 1. The molecule has 1 aliphatic rings. The van der Waals surface area contributed by atoms with E-state index >= 15 is 0 Å². The van der Waals surface area contributed by atoms with E-state index in [9.17, 15) is 4.79 Å². The Morgan fingerprint density at radius 1 is 1.03 bits per heavy atom. The van der Waals surface area contributed by atoms with E-state index in [1.807, 2.05) is 37.3 Å². The molecule has 0 spiro atoms. The third kappa shape index (κ3) is 5.10. The van der Waals surface area contributed by atoms with Crippen molar-refractivity contribution in [2.75, 3.05) is 43.5 Å². The Bertz CT molecular complexity index is 798. The number of hydrogen-bond acceptors (Lipinski definition) is 4. The summed E-state index contributed by atoms with van der Waals surface area (Å²) in [6.07, 6.45) is 1.05. The SMILES string of the molecule is CC[C@H](C)c1ccccc1NC(=O)[C@H](C)N1CCN(c2ccc(OC)cc2)CC1. The first kappa shape index (κ1) is 21.2. The first-order valence-electron chi connectivity index (χ1n) is 10.6. The third-order valence-electron chi connectivity index (χ3n) is 6.04.